The monoisotopic (exact) mass is 1150 g/mol. The fraction of sp³-hybridized carbons (Fsp3) is 0.750. The molecular weight excluding hydrogens is 1110 g/mol. The maximum atomic E-state index is 14.1. The Hall–Kier alpha value is -3.82. The van der Waals surface area contributed by atoms with Gasteiger partial charge in [0.05, 0.1) is 26.4 Å². The van der Waals surface area contributed by atoms with Crippen LogP contribution in [0.4, 0.5) is 123 Å². The van der Waals surface area contributed by atoms with Crippen LogP contribution in [0.5, 0.6) is 0 Å². The average Bonchev–Trinajstić information content (AvgIpc) is 3.21. The molecule has 432 valence electrons. The van der Waals surface area contributed by atoms with E-state index in [-0.39, 0.29) is 5.56 Å². The second-order valence-corrected chi connectivity index (χ2v) is 16.6. The lowest BCUT2D eigenvalue weighted by Crippen LogP contribution is -2.54. The summed E-state index contributed by atoms with van der Waals surface area (Å²) in [6, 6.07) is 5.62. The van der Waals surface area contributed by atoms with E-state index in [9.17, 15) is 123 Å². The number of ether oxygens (including phenoxy) is 6. The van der Waals surface area contributed by atoms with Gasteiger partial charge in [-0.15, -0.1) is 0 Å². The predicted octanol–water partition coefficient (Wildman–Crippen LogP) is 14.0. The van der Waals surface area contributed by atoms with Crippen LogP contribution in [-0.2, 0) is 40.3 Å². The van der Waals surface area contributed by atoms with Crippen molar-refractivity contribution in [3.63, 3.8) is 0 Å². The molecule has 1 aliphatic carbocycles. The molecule has 0 fully saturated rings. The summed E-state index contributed by atoms with van der Waals surface area (Å²) < 4.78 is 402. The Morgan fingerprint density at radius 2 is 0.757 bits per heavy atom. The minimum Gasteiger partial charge on any atom is -0.490 e. The topological polar surface area (TPSA) is 55.4 Å². The molecule has 1 atom stereocenters. The van der Waals surface area contributed by atoms with Crippen LogP contribution in [0.25, 0.3) is 0 Å². The molecule has 1 aromatic carbocycles. The van der Waals surface area contributed by atoms with E-state index in [4.69, 9.17) is 9.47 Å². The second-order valence-electron chi connectivity index (χ2n) is 16.6. The minimum absolute atomic E-state index is 0.0752. The lowest BCUT2D eigenvalue weighted by molar-refractivity contribution is -0.363. The maximum absolute atomic E-state index is 14.1. The van der Waals surface area contributed by atoms with Crippen molar-refractivity contribution in [2.75, 3.05) is 52.9 Å². The number of hydrogen-bond acceptors (Lipinski definition) is 6. The van der Waals surface area contributed by atoms with Gasteiger partial charge in [-0.25, -0.2) is 0 Å². The van der Waals surface area contributed by atoms with E-state index < -0.39 is 161 Å². The SMILES string of the molecule is CCCCCc1ccc(C2(C)C=C(OC(COCC(F)(F)C(F)(F)C(F)(F)F)COCC(F)(F)C(F)(F)C(F)(F)F)C=C(OC(COCC(F)(F)C(F)(F)C(F)(F)F)COCC(F)(F)C(F)(F)C(F)(F)F)C2)cc1. The normalized spacial score (nSPS) is 17.8. The Labute approximate surface area is 399 Å². The van der Waals surface area contributed by atoms with Gasteiger partial charge in [-0.05, 0) is 30.0 Å². The van der Waals surface area contributed by atoms with Gasteiger partial charge in [0.15, 0.2) is 0 Å². The number of allylic oxidation sites excluding steroid dienone is 3. The molecule has 0 saturated carbocycles. The smallest absolute Gasteiger partial charge is 0.459 e. The lowest BCUT2D eigenvalue weighted by Gasteiger charge is -2.35. The minimum atomic E-state index is -6.97. The summed E-state index contributed by atoms with van der Waals surface area (Å²) in [7, 11) is 0. The van der Waals surface area contributed by atoms with Crippen LogP contribution in [0, 0.1) is 0 Å². The average molecular weight is 1150 g/mol. The van der Waals surface area contributed by atoms with Gasteiger partial charge in [0.2, 0.25) is 0 Å². The summed E-state index contributed by atoms with van der Waals surface area (Å²) in [5, 5.41) is 0. The van der Waals surface area contributed by atoms with Crippen LogP contribution in [0.15, 0.2) is 47.9 Å². The first-order chi connectivity index (χ1) is 33.1. The van der Waals surface area contributed by atoms with Crippen molar-refractivity contribution in [1.82, 2.24) is 0 Å². The summed E-state index contributed by atoms with van der Waals surface area (Å²) in [5.74, 6) is -54.1. The van der Waals surface area contributed by atoms with E-state index in [1.165, 1.54) is 31.2 Å². The maximum Gasteiger partial charge on any atom is 0.459 e. The molecule has 34 heteroatoms. The van der Waals surface area contributed by atoms with Crippen LogP contribution in [0.3, 0.4) is 0 Å². The highest BCUT2D eigenvalue weighted by Crippen LogP contribution is 2.50. The number of unbranched alkanes of at least 4 members (excludes halogenated alkanes) is 2. The molecule has 0 saturated heterocycles. The van der Waals surface area contributed by atoms with Crippen molar-refractivity contribution in [1.29, 1.82) is 0 Å². The molecule has 0 aliphatic heterocycles. The molecule has 0 bridgehead atoms. The fourth-order valence-corrected chi connectivity index (χ4v) is 6.04. The van der Waals surface area contributed by atoms with Gasteiger partial charge in [-0.1, -0.05) is 51.0 Å². The van der Waals surface area contributed by atoms with Crippen LogP contribution >= 0.6 is 0 Å². The molecule has 1 aromatic rings. The first-order valence-electron chi connectivity index (χ1n) is 20.5. The molecule has 6 nitrogen and oxygen atoms in total. The number of hydrogen-bond donors (Lipinski definition) is 0. The zero-order valence-corrected chi connectivity index (χ0v) is 37.3. The molecule has 1 aliphatic rings. The van der Waals surface area contributed by atoms with Crippen LogP contribution in [-0.4, -0.2) is 137 Å². The quantitative estimate of drug-likeness (QED) is 0.0589. The highest BCUT2D eigenvalue weighted by atomic mass is 19.5. The summed E-state index contributed by atoms with van der Waals surface area (Å²) in [5.41, 5.74) is -1.08. The molecular formula is C40H40F28O6. The molecule has 74 heavy (non-hydrogen) atoms. The summed E-state index contributed by atoms with van der Waals surface area (Å²) >= 11 is 0. The molecule has 0 radical (unpaired) electrons. The molecule has 1 unspecified atom stereocenters. The van der Waals surface area contributed by atoms with E-state index in [0.29, 0.717) is 24.5 Å². The zero-order valence-electron chi connectivity index (χ0n) is 37.3. The number of aryl methyl sites for hydroxylation is 1. The van der Waals surface area contributed by atoms with Gasteiger partial charge in [-0.2, -0.15) is 123 Å². The van der Waals surface area contributed by atoms with Gasteiger partial charge in [0, 0.05) is 17.9 Å². The van der Waals surface area contributed by atoms with Crippen molar-refractivity contribution in [3.05, 3.63) is 59.1 Å². The first-order valence-corrected chi connectivity index (χ1v) is 20.5. The number of rotatable bonds is 29. The Kier molecular flexibility index (Phi) is 21.0. The third-order valence-corrected chi connectivity index (χ3v) is 10.2. The van der Waals surface area contributed by atoms with E-state index in [1.807, 2.05) is 6.92 Å². The summed E-state index contributed by atoms with van der Waals surface area (Å²) in [6.07, 6.45) is -29.9. The Morgan fingerprint density at radius 3 is 1.05 bits per heavy atom. The van der Waals surface area contributed by atoms with Gasteiger partial charge in [0.25, 0.3) is 0 Å². The van der Waals surface area contributed by atoms with E-state index in [0.717, 1.165) is 18.9 Å². The van der Waals surface area contributed by atoms with Crippen molar-refractivity contribution >= 4 is 0 Å². The van der Waals surface area contributed by atoms with Crippen molar-refractivity contribution in [2.24, 2.45) is 0 Å². The molecule has 0 aromatic heterocycles. The van der Waals surface area contributed by atoms with Gasteiger partial charge < -0.3 is 28.4 Å². The van der Waals surface area contributed by atoms with Crippen molar-refractivity contribution < 1.29 is 151 Å². The predicted molar refractivity (Wildman–Crippen MR) is 195 cm³/mol. The molecule has 0 N–H and O–H groups in total. The van der Waals surface area contributed by atoms with Crippen molar-refractivity contribution in [2.45, 2.75) is 136 Å². The molecule has 0 amide bonds. The first kappa shape index (κ1) is 66.3. The highest BCUT2D eigenvalue weighted by Gasteiger charge is 2.76. The molecule has 0 heterocycles. The number of halogens is 28. The molecule has 2 rings (SSSR count). The number of alkyl halides is 28. The lowest BCUT2D eigenvalue weighted by atomic mass is 9.76. The summed E-state index contributed by atoms with van der Waals surface area (Å²) in [4.78, 5) is 0. The van der Waals surface area contributed by atoms with Crippen LogP contribution < -0.4 is 0 Å². The van der Waals surface area contributed by atoms with Crippen molar-refractivity contribution in [3.8, 4) is 0 Å². The Bertz CT molecular complexity index is 1900. The van der Waals surface area contributed by atoms with Gasteiger partial charge in [-0.3, -0.25) is 0 Å². The molecule has 0 spiro atoms. The van der Waals surface area contributed by atoms with Gasteiger partial charge >= 0.3 is 72.1 Å². The van der Waals surface area contributed by atoms with E-state index in [2.05, 4.69) is 18.9 Å². The second kappa shape index (κ2) is 23.4. The standard InChI is InChI=1S/C40H40F28O6/c1-3-4-5-6-22-7-9-23(10-8-22)28(2)12-24(73-26(14-69-18-29(41,42)33(49,50)37(57,58)59)15-70-19-30(43,44)34(51,52)38(60,61)62)11-25(13-28)74-27(16-71-20-31(45,46)35(53,54)39(63,64)65)17-72-21-32(47,48)36(55,56)40(66,67)68/h7-12,26-27H,3-6,13-21H2,1-2H3. The largest absolute Gasteiger partial charge is 0.490 e. The Balaban J connectivity index is 2.75. The highest BCUT2D eigenvalue weighted by molar-refractivity contribution is 5.40. The van der Waals surface area contributed by atoms with E-state index >= 15 is 0 Å². The Morgan fingerprint density at radius 1 is 0.446 bits per heavy atom. The third kappa shape index (κ3) is 15.9. The van der Waals surface area contributed by atoms with E-state index in [1.54, 1.807) is 0 Å². The third-order valence-electron chi connectivity index (χ3n) is 10.2. The zero-order chi connectivity index (χ0) is 57.6. The van der Waals surface area contributed by atoms with Crippen LogP contribution in [0.2, 0.25) is 0 Å². The van der Waals surface area contributed by atoms with Gasteiger partial charge in [0.1, 0.15) is 50.2 Å². The summed E-state index contributed by atoms with van der Waals surface area (Å²) in [6.45, 7) is -16.2. The fourth-order valence-electron chi connectivity index (χ4n) is 6.04. The number of benzene rings is 1. The van der Waals surface area contributed by atoms with Crippen LogP contribution in [0.1, 0.15) is 50.7 Å².